The summed E-state index contributed by atoms with van der Waals surface area (Å²) in [4.78, 5) is 27.4. The molecule has 2 atom stereocenters. The molecule has 2 unspecified atom stereocenters. The predicted octanol–water partition coefficient (Wildman–Crippen LogP) is 4.36. The molecule has 1 saturated heterocycles. The Hall–Kier alpha value is -2.62. The highest BCUT2D eigenvalue weighted by atomic mass is 16.2. The Morgan fingerprint density at radius 3 is 2.41 bits per heavy atom. The van der Waals surface area contributed by atoms with Crippen molar-refractivity contribution >= 4 is 17.5 Å². The van der Waals surface area contributed by atoms with Crippen LogP contribution in [-0.4, -0.2) is 29.8 Å². The third kappa shape index (κ3) is 4.69. The topological polar surface area (TPSA) is 49.4 Å². The third-order valence-corrected chi connectivity index (χ3v) is 6.38. The van der Waals surface area contributed by atoms with Crippen LogP contribution in [0.5, 0.6) is 0 Å². The summed E-state index contributed by atoms with van der Waals surface area (Å²) in [5.74, 6) is 0.485. The Labute approximate surface area is 173 Å². The monoisotopic (exact) mass is 390 g/mol. The largest absolute Gasteiger partial charge is 0.342 e. The van der Waals surface area contributed by atoms with E-state index in [0.29, 0.717) is 12.3 Å². The number of anilines is 1. The summed E-state index contributed by atoms with van der Waals surface area (Å²) in [7, 11) is 0. The number of carbonyl (C=O) groups excluding carboxylic acids is 2. The fourth-order valence-corrected chi connectivity index (χ4v) is 4.48. The van der Waals surface area contributed by atoms with Gasteiger partial charge in [-0.1, -0.05) is 48.0 Å². The Kier molecular flexibility index (Phi) is 5.70. The first-order valence-electron chi connectivity index (χ1n) is 10.7. The minimum absolute atomic E-state index is 0.0192. The van der Waals surface area contributed by atoms with Crippen molar-refractivity contribution in [1.29, 1.82) is 0 Å². The number of piperidine rings is 1. The van der Waals surface area contributed by atoms with E-state index in [1.807, 2.05) is 36.9 Å². The molecule has 2 aromatic carbocycles. The maximum absolute atomic E-state index is 12.9. The highest BCUT2D eigenvalue weighted by Crippen LogP contribution is 2.41. The number of hydrogen-bond acceptors (Lipinski definition) is 2. The highest BCUT2D eigenvalue weighted by molar-refractivity contribution is 5.99. The van der Waals surface area contributed by atoms with Crippen LogP contribution in [0.25, 0.3) is 0 Å². The molecule has 1 saturated carbocycles. The van der Waals surface area contributed by atoms with Crippen LogP contribution in [0.2, 0.25) is 0 Å². The fourth-order valence-electron chi connectivity index (χ4n) is 4.48. The van der Waals surface area contributed by atoms with E-state index in [9.17, 15) is 9.59 Å². The molecule has 4 rings (SSSR count). The second-order valence-corrected chi connectivity index (χ2v) is 8.71. The smallest absolute Gasteiger partial charge is 0.228 e. The Morgan fingerprint density at radius 2 is 1.72 bits per heavy atom. The van der Waals surface area contributed by atoms with Gasteiger partial charge in [-0.25, -0.2) is 0 Å². The van der Waals surface area contributed by atoms with E-state index in [1.165, 1.54) is 11.1 Å². The minimum Gasteiger partial charge on any atom is -0.342 e. The van der Waals surface area contributed by atoms with Crippen molar-refractivity contribution in [1.82, 2.24) is 4.90 Å². The molecule has 0 spiro atoms. The maximum Gasteiger partial charge on any atom is 0.228 e. The zero-order valence-corrected chi connectivity index (χ0v) is 17.4. The quantitative estimate of drug-likeness (QED) is 0.825. The molecule has 1 aliphatic carbocycles. The van der Waals surface area contributed by atoms with Crippen LogP contribution in [0.3, 0.4) is 0 Å². The van der Waals surface area contributed by atoms with Gasteiger partial charge in [0.1, 0.15) is 0 Å². The maximum atomic E-state index is 12.9. The van der Waals surface area contributed by atoms with Gasteiger partial charge in [0.2, 0.25) is 11.8 Å². The van der Waals surface area contributed by atoms with Gasteiger partial charge in [0, 0.05) is 18.8 Å². The van der Waals surface area contributed by atoms with Crippen LogP contribution < -0.4 is 5.32 Å². The van der Waals surface area contributed by atoms with Gasteiger partial charge in [0.15, 0.2) is 0 Å². The summed E-state index contributed by atoms with van der Waals surface area (Å²) < 4.78 is 0. The Bertz CT molecular complexity index is 885. The molecule has 0 aromatic heterocycles. The lowest BCUT2D eigenvalue weighted by atomic mass is 9.90. The second-order valence-electron chi connectivity index (χ2n) is 8.71. The van der Waals surface area contributed by atoms with E-state index in [-0.39, 0.29) is 23.7 Å². The van der Waals surface area contributed by atoms with E-state index in [0.717, 1.165) is 43.6 Å². The number of nitrogens with zero attached hydrogens (tertiary/aromatic N) is 1. The van der Waals surface area contributed by atoms with Crippen molar-refractivity contribution in [2.45, 2.75) is 39.5 Å². The summed E-state index contributed by atoms with van der Waals surface area (Å²) in [5.41, 5.74) is 4.46. The third-order valence-electron chi connectivity index (χ3n) is 6.38. The van der Waals surface area contributed by atoms with Crippen molar-refractivity contribution < 1.29 is 9.59 Å². The summed E-state index contributed by atoms with van der Waals surface area (Å²) >= 11 is 0. The number of rotatable bonds is 5. The molecule has 4 nitrogen and oxygen atoms in total. The van der Waals surface area contributed by atoms with Crippen LogP contribution in [-0.2, 0) is 16.0 Å². The molecule has 4 heteroatoms. The molecule has 1 N–H and O–H groups in total. The van der Waals surface area contributed by atoms with Crippen molar-refractivity contribution in [2.24, 2.45) is 17.8 Å². The van der Waals surface area contributed by atoms with Crippen LogP contribution in [0.4, 0.5) is 5.69 Å². The molecular weight excluding hydrogens is 360 g/mol. The van der Waals surface area contributed by atoms with Crippen LogP contribution in [0.15, 0.2) is 48.5 Å². The lowest BCUT2D eigenvalue weighted by molar-refractivity contribution is -0.135. The van der Waals surface area contributed by atoms with Crippen LogP contribution in [0.1, 0.15) is 36.0 Å². The van der Waals surface area contributed by atoms with Gasteiger partial charge < -0.3 is 10.2 Å². The van der Waals surface area contributed by atoms with E-state index in [2.05, 4.69) is 35.6 Å². The van der Waals surface area contributed by atoms with E-state index in [1.54, 1.807) is 0 Å². The average Bonchev–Trinajstić information content (AvgIpc) is 3.52. The molecular formula is C25H30N2O2. The molecule has 1 aliphatic heterocycles. The molecule has 152 valence electrons. The first kappa shape index (κ1) is 19.7. The van der Waals surface area contributed by atoms with Gasteiger partial charge in [-0.2, -0.15) is 0 Å². The zero-order chi connectivity index (χ0) is 20.4. The normalized spacial score (nSPS) is 21.7. The number of carbonyl (C=O) groups is 2. The predicted molar refractivity (Wildman–Crippen MR) is 116 cm³/mol. The van der Waals surface area contributed by atoms with Gasteiger partial charge in [-0.3, -0.25) is 9.59 Å². The van der Waals surface area contributed by atoms with Gasteiger partial charge in [-0.15, -0.1) is 0 Å². The van der Waals surface area contributed by atoms with E-state index < -0.39 is 0 Å². The number of benzene rings is 2. The average molecular weight is 391 g/mol. The van der Waals surface area contributed by atoms with Crippen molar-refractivity contribution in [3.05, 3.63) is 65.2 Å². The highest BCUT2D eigenvalue weighted by Gasteiger charge is 2.49. The lowest BCUT2D eigenvalue weighted by Crippen LogP contribution is -2.40. The summed E-state index contributed by atoms with van der Waals surface area (Å²) in [5, 5.41) is 3.01. The molecule has 0 radical (unpaired) electrons. The van der Waals surface area contributed by atoms with Gasteiger partial charge in [0.25, 0.3) is 0 Å². The van der Waals surface area contributed by atoms with Gasteiger partial charge in [0.05, 0.1) is 11.8 Å². The van der Waals surface area contributed by atoms with Gasteiger partial charge in [-0.05, 0) is 62.6 Å². The van der Waals surface area contributed by atoms with Crippen molar-refractivity contribution in [3.8, 4) is 0 Å². The second kappa shape index (κ2) is 8.40. The molecule has 2 amide bonds. The molecule has 29 heavy (non-hydrogen) atoms. The van der Waals surface area contributed by atoms with Crippen LogP contribution in [0, 0.1) is 31.6 Å². The summed E-state index contributed by atoms with van der Waals surface area (Å²) in [6.07, 6.45) is 3.87. The SMILES string of the molecule is Cc1ccc(NC(=O)C2CC2C(=O)N2CCC(Cc3ccccc3)CC2)c(C)c1. The lowest BCUT2D eigenvalue weighted by Gasteiger charge is -2.32. The number of amides is 2. The number of nitrogens with one attached hydrogen (secondary N) is 1. The summed E-state index contributed by atoms with van der Waals surface area (Å²) in [6.45, 7) is 5.67. The molecule has 1 heterocycles. The van der Waals surface area contributed by atoms with E-state index >= 15 is 0 Å². The Morgan fingerprint density at radius 1 is 1.00 bits per heavy atom. The van der Waals surface area contributed by atoms with Gasteiger partial charge >= 0.3 is 0 Å². The number of aryl methyl sites for hydroxylation is 2. The zero-order valence-electron chi connectivity index (χ0n) is 17.4. The molecule has 2 aliphatic rings. The summed E-state index contributed by atoms with van der Waals surface area (Å²) in [6, 6.07) is 16.6. The van der Waals surface area contributed by atoms with Crippen LogP contribution >= 0.6 is 0 Å². The molecule has 2 fully saturated rings. The van der Waals surface area contributed by atoms with E-state index in [4.69, 9.17) is 0 Å². The van der Waals surface area contributed by atoms with Crippen molar-refractivity contribution in [2.75, 3.05) is 18.4 Å². The fraction of sp³-hybridized carbons (Fsp3) is 0.440. The first-order valence-corrected chi connectivity index (χ1v) is 10.7. The molecule has 2 aromatic rings. The first-order chi connectivity index (χ1) is 14.0. The number of hydrogen-bond donors (Lipinski definition) is 1. The molecule has 0 bridgehead atoms. The minimum atomic E-state index is -0.176. The van der Waals surface area contributed by atoms with Crippen molar-refractivity contribution in [3.63, 3.8) is 0 Å². The standard InChI is InChI=1S/C25H30N2O2/c1-17-8-9-23(18(2)14-17)26-24(28)21-16-22(21)25(29)27-12-10-20(11-13-27)15-19-6-4-3-5-7-19/h3-9,14,20-22H,10-13,15-16H2,1-2H3,(H,26,28). The number of likely N-dealkylation sites (tertiary alicyclic amines) is 1. The Balaban J connectivity index is 1.25.